The highest BCUT2D eigenvalue weighted by atomic mass is 35.5. The summed E-state index contributed by atoms with van der Waals surface area (Å²) >= 11 is 5.83. The highest BCUT2D eigenvalue weighted by molar-refractivity contribution is 6.32. The number of fused-ring (bicyclic) bond motifs is 1. The van der Waals surface area contributed by atoms with E-state index in [-0.39, 0.29) is 11.6 Å². The highest BCUT2D eigenvalue weighted by Gasteiger charge is 2.32. The molecule has 27 heavy (non-hydrogen) atoms. The Balaban J connectivity index is 1.96. The van der Waals surface area contributed by atoms with Gasteiger partial charge in [-0.25, -0.2) is 9.18 Å². The Morgan fingerprint density at radius 2 is 2.00 bits per heavy atom. The van der Waals surface area contributed by atoms with Gasteiger partial charge in [0.25, 0.3) is 0 Å². The van der Waals surface area contributed by atoms with Crippen LogP contribution in [0.5, 0.6) is 5.75 Å². The quantitative estimate of drug-likeness (QED) is 0.638. The number of aromatic nitrogens is 2. The first-order valence-corrected chi connectivity index (χ1v) is 7.87. The van der Waals surface area contributed by atoms with Crippen LogP contribution in [-0.2, 0) is 6.54 Å². The Morgan fingerprint density at radius 3 is 2.59 bits per heavy atom. The third-order valence-corrected chi connectivity index (χ3v) is 4.10. The smallest absolute Gasteiger partial charge is 0.478 e. The van der Waals surface area contributed by atoms with Crippen LogP contribution >= 0.6 is 11.6 Å². The van der Waals surface area contributed by atoms with Gasteiger partial charge in [0.1, 0.15) is 11.6 Å². The van der Waals surface area contributed by atoms with Crippen molar-refractivity contribution in [1.29, 1.82) is 0 Å². The molecule has 1 N–H and O–H groups in total. The molecule has 0 atom stereocenters. The van der Waals surface area contributed by atoms with E-state index >= 15 is 0 Å². The molecule has 2 aromatic carbocycles. The molecule has 3 rings (SSSR count). The van der Waals surface area contributed by atoms with Gasteiger partial charge >= 0.3 is 12.3 Å². The molecule has 10 heteroatoms. The Hall–Kier alpha value is -2.81. The molecule has 0 saturated carbocycles. The van der Waals surface area contributed by atoms with Crippen molar-refractivity contribution in [1.82, 2.24) is 9.78 Å². The SMILES string of the molecule is Cc1nn(Cc2ccc(OC(F)(F)F)c(Cl)c2)c2cc(F)c(C(=O)O)cc12. The van der Waals surface area contributed by atoms with E-state index in [0.29, 0.717) is 22.2 Å². The van der Waals surface area contributed by atoms with E-state index in [1.54, 1.807) is 6.92 Å². The van der Waals surface area contributed by atoms with Crippen molar-refractivity contribution in [2.75, 3.05) is 0 Å². The molecule has 0 bridgehead atoms. The normalized spacial score (nSPS) is 11.8. The Bertz CT molecular complexity index is 1050. The lowest BCUT2D eigenvalue weighted by Gasteiger charge is -2.11. The summed E-state index contributed by atoms with van der Waals surface area (Å²) in [5, 5.41) is 13.5. The Labute approximate surface area is 154 Å². The molecule has 0 spiro atoms. The summed E-state index contributed by atoms with van der Waals surface area (Å²) in [5.41, 5.74) is 0.862. The number of hydrogen-bond acceptors (Lipinski definition) is 3. The number of rotatable bonds is 4. The van der Waals surface area contributed by atoms with Crippen LogP contribution in [-0.4, -0.2) is 27.2 Å². The van der Waals surface area contributed by atoms with Gasteiger partial charge in [0.15, 0.2) is 0 Å². The first kappa shape index (κ1) is 19.0. The third kappa shape index (κ3) is 3.97. The number of halogens is 5. The van der Waals surface area contributed by atoms with Gasteiger partial charge in [-0.15, -0.1) is 13.2 Å². The van der Waals surface area contributed by atoms with Gasteiger partial charge in [0.2, 0.25) is 0 Å². The van der Waals surface area contributed by atoms with Gasteiger partial charge < -0.3 is 9.84 Å². The maximum Gasteiger partial charge on any atom is 0.573 e. The Kier molecular flexibility index (Phi) is 4.73. The van der Waals surface area contributed by atoms with Gasteiger partial charge in [-0.05, 0) is 30.7 Å². The minimum Gasteiger partial charge on any atom is -0.478 e. The summed E-state index contributed by atoms with van der Waals surface area (Å²) in [6.45, 7) is 1.72. The molecule has 0 unspecified atom stereocenters. The van der Waals surface area contributed by atoms with Crippen LogP contribution in [0.4, 0.5) is 17.6 Å². The third-order valence-electron chi connectivity index (χ3n) is 3.81. The van der Waals surface area contributed by atoms with Crippen LogP contribution in [0.1, 0.15) is 21.6 Å². The van der Waals surface area contributed by atoms with Gasteiger partial charge in [-0.1, -0.05) is 17.7 Å². The van der Waals surface area contributed by atoms with Crippen LogP contribution in [0.3, 0.4) is 0 Å². The van der Waals surface area contributed by atoms with Crippen molar-refractivity contribution in [2.24, 2.45) is 0 Å². The van der Waals surface area contributed by atoms with Crippen molar-refractivity contribution in [3.63, 3.8) is 0 Å². The fourth-order valence-corrected chi connectivity index (χ4v) is 2.90. The van der Waals surface area contributed by atoms with E-state index in [1.807, 2.05) is 0 Å². The highest BCUT2D eigenvalue weighted by Crippen LogP contribution is 2.31. The second-order valence-electron chi connectivity index (χ2n) is 5.71. The number of ether oxygens (including phenoxy) is 1. The zero-order valence-corrected chi connectivity index (χ0v) is 14.4. The maximum absolute atomic E-state index is 14.0. The zero-order valence-electron chi connectivity index (χ0n) is 13.6. The summed E-state index contributed by atoms with van der Waals surface area (Å²) in [7, 11) is 0. The molecule has 5 nitrogen and oxygen atoms in total. The summed E-state index contributed by atoms with van der Waals surface area (Å²) in [4.78, 5) is 11.1. The number of carboxylic acids is 1. The van der Waals surface area contributed by atoms with Crippen molar-refractivity contribution in [3.8, 4) is 5.75 Å². The number of carboxylic acid groups (broad SMARTS) is 1. The molecule has 0 aliphatic rings. The standard InChI is InChI=1S/C17H11ClF4N2O3/c1-8-10-5-11(16(25)26)13(19)6-14(10)24(23-8)7-9-2-3-15(12(18)4-9)27-17(20,21)22/h2-6H,7H2,1H3,(H,25,26). The number of benzene rings is 2. The van der Waals surface area contributed by atoms with Gasteiger partial charge in [0.05, 0.1) is 28.3 Å². The van der Waals surface area contributed by atoms with Crippen LogP contribution in [0, 0.1) is 12.7 Å². The first-order valence-electron chi connectivity index (χ1n) is 7.49. The van der Waals surface area contributed by atoms with Gasteiger partial charge in [0, 0.05) is 11.5 Å². The second-order valence-corrected chi connectivity index (χ2v) is 6.12. The molecule has 1 aromatic heterocycles. The Morgan fingerprint density at radius 1 is 1.30 bits per heavy atom. The van der Waals surface area contributed by atoms with Crippen molar-refractivity contribution in [3.05, 3.63) is 58.0 Å². The molecule has 0 radical (unpaired) electrons. The van der Waals surface area contributed by atoms with E-state index in [2.05, 4.69) is 9.84 Å². The van der Waals surface area contributed by atoms with Crippen molar-refractivity contribution in [2.45, 2.75) is 19.8 Å². The molecule has 0 amide bonds. The molecule has 1 heterocycles. The first-order chi connectivity index (χ1) is 12.5. The monoisotopic (exact) mass is 402 g/mol. The lowest BCUT2D eigenvalue weighted by Crippen LogP contribution is -2.17. The molecule has 3 aromatic rings. The van der Waals surface area contributed by atoms with E-state index in [9.17, 15) is 22.4 Å². The molecule has 0 saturated heterocycles. The number of carbonyl (C=O) groups is 1. The molecular formula is C17H11ClF4N2O3. The van der Waals surface area contributed by atoms with Crippen molar-refractivity contribution < 1.29 is 32.2 Å². The average Bonchev–Trinajstić information content (AvgIpc) is 2.83. The predicted octanol–water partition coefficient (Wildman–Crippen LogP) is 4.78. The molecule has 142 valence electrons. The van der Waals surface area contributed by atoms with Crippen LogP contribution in [0.25, 0.3) is 10.9 Å². The summed E-state index contributed by atoms with van der Waals surface area (Å²) < 4.78 is 56.1. The predicted molar refractivity (Wildman–Crippen MR) is 88.6 cm³/mol. The van der Waals surface area contributed by atoms with E-state index in [1.165, 1.54) is 22.9 Å². The van der Waals surface area contributed by atoms with E-state index in [0.717, 1.165) is 12.1 Å². The second kappa shape index (κ2) is 6.73. The number of hydrogen-bond donors (Lipinski definition) is 1. The molecule has 0 aliphatic heterocycles. The molecule has 0 aliphatic carbocycles. The van der Waals surface area contributed by atoms with Crippen LogP contribution in [0.15, 0.2) is 30.3 Å². The summed E-state index contributed by atoms with van der Waals surface area (Å²) in [6, 6.07) is 5.98. The van der Waals surface area contributed by atoms with Crippen molar-refractivity contribution >= 4 is 28.5 Å². The lowest BCUT2D eigenvalue weighted by atomic mass is 10.1. The average molecular weight is 403 g/mol. The fourth-order valence-electron chi connectivity index (χ4n) is 2.66. The molecular weight excluding hydrogens is 392 g/mol. The van der Waals surface area contributed by atoms with Gasteiger partial charge in [-0.3, -0.25) is 4.68 Å². The minimum atomic E-state index is -4.86. The fraction of sp³-hybridized carbons (Fsp3) is 0.176. The van der Waals surface area contributed by atoms with Crippen LogP contribution < -0.4 is 4.74 Å². The van der Waals surface area contributed by atoms with Crippen LogP contribution in [0.2, 0.25) is 5.02 Å². The minimum absolute atomic E-state index is 0.0855. The number of alkyl halides is 3. The van der Waals surface area contributed by atoms with Gasteiger partial charge in [-0.2, -0.15) is 5.10 Å². The zero-order chi connectivity index (χ0) is 19.9. The number of nitrogens with zero attached hydrogens (tertiary/aromatic N) is 2. The van der Waals surface area contributed by atoms with E-state index in [4.69, 9.17) is 16.7 Å². The largest absolute Gasteiger partial charge is 0.573 e. The topological polar surface area (TPSA) is 64.4 Å². The number of aryl methyl sites for hydroxylation is 1. The lowest BCUT2D eigenvalue weighted by molar-refractivity contribution is -0.274. The molecule has 0 fully saturated rings. The summed E-state index contributed by atoms with van der Waals surface area (Å²) in [6.07, 6.45) is -4.86. The summed E-state index contributed by atoms with van der Waals surface area (Å²) in [5.74, 6) is -2.84. The maximum atomic E-state index is 14.0. The van der Waals surface area contributed by atoms with E-state index < -0.39 is 29.5 Å². The number of aromatic carboxylic acids is 1.